The Balaban J connectivity index is 5.44. The summed E-state index contributed by atoms with van der Waals surface area (Å²) in [5.74, 6) is 0. The molecule has 0 aliphatic heterocycles. The summed E-state index contributed by atoms with van der Waals surface area (Å²) >= 11 is 0. The van der Waals surface area contributed by atoms with Crippen LogP contribution in [0.15, 0.2) is 12.1 Å². The molecule has 0 rings (SSSR count). The molecular formula is C5H10. The zero-order chi connectivity index (χ0) is 12.7. The molecule has 0 aliphatic carbocycles. The van der Waals surface area contributed by atoms with Crippen LogP contribution in [0.5, 0.6) is 0 Å². The van der Waals surface area contributed by atoms with Crippen molar-refractivity contribution in [1.29, 1.82) is 0 Å². The summed E-state index contributed by atoms with van der Waals surface area (Å²) in [6.45, 7) is -6.14. The molecule has 0 heterocycles. The van der Waals surface area contributed by atoms with E-state index in [1.165, 1.54) is 0 Å². The minimum atomic E-state index is -3.17. The molecule has 0 heteroatoms. The predicted molar refractivity (Wildman–Crippen MR) is 25.1 cm³/mol. The van der Waals surface area contributed by atoms with Crippen molar-refractivity contribution in [2.75, 3.05) is 0 Å². The van der Waals surface area contributed by atoms with Crippen LogP contribution in [0.3, 0.4) is 0 Å². The first-order valence-electron chi connectivity index (χ1n) is 6.00. The Bertz CT molecular complexity index is 265. The molecule has 0 unspecified atom stereocenters. The van der Waals surface area contributed by atoms with Crippen molar-refractivity contribution < 1.29 is 13.7 Å². The summed E-state index contributed by atoms with van der Waals surface area (Å²) in [5.41, 5.74) is 0. The van der Waals surface area contributed by atoms with E-state index in [1.54, 1.807) is 0 Å². The Morgan fingerprint density at radius 3 is 4.00 bits per heavy atom. The van der Waals surface area contributed by atoms with Crippen LogP contribution in [-0.2, 0) is 0 Å². The van der Waals surface area contributed by atoms with Gasteiger partial charge in [-0.3, -0.25) is 0 Å². The van der Waals surface area contributed by atoms with Crippen molar-refractivity contribution in [3.8, 4) is 0 Å². The maximum Gasteiger partial charge on any atom is 0.0572 e. The topological polar surface area (TPSA) is 0 Å². The fourth-order valence-electron chi connectivity index (χ4n) is 0.0312. The Kier molecular flexibility index (Phi) is 0.263. The summed E-state index contributed by atoms with van der Waals surface area (Å²) in [6.07, 6.45) is -3.13. The number of allylic oxidation sites excluding steroid dienone is 2. The molecule has 0 aromatic rings. The molecule has 0 spiro atoms. The molecule has 0 radical (unpaired) electrons. The second kappa shape index (κ2) is 3.74. The third-order valence-corrected chi connectivity index (χ3v) is 0.125. The summed E-state index contributed by atoms with van der Waals surface area (Å²) in [4.78, 5) is 0. The van der Waals surface area contributed by atoms with E-state index in [4.69, 9.17) is 13.7 Å². The van der Waals surface area contributed by atoms with Crippen molar-refractivity contribution in [3.05, 3.63) is 12.1 Å². The third-order valence-electron chi connectivity index (χ3n) is 0.125. The van der Waals surface area contributed by atoms with Crippen molar-refractivity contribution >= 4 is 0 Å². The van der Waals surface area contributed by atoms with Crippen LogP contribution in [0.25, 0.3) is 0 Å². The molecule has 0 saturated carbocycles. The first kappa shape index (κ1) is 0.351. The maximum absolute atomic E-state index is 7.09. The Morgan fingerprint density at radius 2 is 3.40 bits per heavy atom. The van der Waals surface area contributed by atoms with Crippen molar-refractivity contribution in [2.24, 2.45) is 0 Å². The molecule has 0 nitrogen and oxygen atoms in total. The van der Waals surface area contributed by atoms with Gasteiger partial charge in [-0.05, 0) is 13.2 Å². The van der Waals surface area contributed by atoms with Crippen molar-refractivity contribution in [3.63, 3.8) is 0 Å². The summed E-state index contributed by atoms with van der Waals surface area (Å²) in [5, 5.41) is 0. The first-order valence-corrected chi connectivity index (χ1v) is 1.00. The fraction of sp³-hybridized carbons (Fsp3) is 0.600. The van der Waals surface area contributed by atoms with E-state index in [1.807, 2.05) is 0 Å². The van der Waals surface area contributed by atoms with Gasteiger partial charge in [0, 0.05) is 11.0 Å². The Morgan fingerprint density at radius 1 is 2.40 bits per heavy atom. The van der Waals surface area contributed by atoms with Gasteiger partial charge in [0.2, 0.25) is 0 Å². The van der Waals surface area contributed by atoms with Crippen LogP contribution in [0, 0.1) is 0 Å². The SMILES string of the molecule is [2H]/C(=C(/[2H])C([2H])([2H])C([2H])([2H])[2H])C([2H])([2H])[2H]. The molecule has 30 valence electrons. The van der Waals surface area contributed by atoms with E-state index in [0.29, 0.717) is 0 Å². The predicted octanol–water partition coefficient (Wildman–Crippen LogP) is 1.97. The van der Waals surface area contributed by atoms with Crippen LogP contribution >= 0.6 is 0 Å². The standard InChI is InChI=1S/C5H10/c1-3-5-4-2/h3,5H,4H2,1-2H3/b5-3+/i1D3,2D3,3D,4D2,5D. The van der Waals surface area contributed by atoms with Crippen LogP contribution in [0.2, 0.25) is 0 Å². The number of rotatable bonds is 1. The molecular weight excluding hydrogens is 60.1 g/mol. The highest BCUT2D eigenvalue weighted by molar-refractivity contribution is 4.73. The molecule has 5 heavy (non-hydrogen) atoms. The summed E-state index contributed by atoms with van der Waals surface area (Å²) < 4.78 is 69.0. The highest BCUT2D eigenvalue weighted by Gasteiger charge is 1.52. The first-order chi connectivity index (χ1) is 6.32. The lowest BCUT2D eigenvalue weighted by Gasteiger charge is -1.65. The van der Waals surface area contributed by atoms with Gasteiger partial charge in [-0.25, -0.2) is 0 Å². The van der Waals surface area contributed by atoms with E-state index in [2.05, 4.69) is 0 Å². The molecule has 0 fully saturated rings. The Labute approximate surface area is 47.6 Å². The molecule has 0 amide bonds. The minimum absolute atomic E-state index is 1.29. The molecule has 0 aromatic heterocycles. The van der Waals surface area contributed by atoms with Crippen LogP contribution in [0.4, 0.5) is 0 Å². The average Bonchev–Trinajstić information content (AvgIpc) is 1.97. The largest absolute Gasteiger partial charge is 0.0917 e. The molecule has 0 N–H and O–H groups in total. The van der Waals surface area contributed by atoms with Gasteiger partial charge in [-0.1, -0.05) is 19.0 Å². The van der Waals surface area contributed by atoms with Gasteiger partial charge in [-0.2, -0.15) is 0 Å². The van der Waals surface area contributed by atoms with E-state index in [-0.39, 0.29) is 0 Å². The molecule has 0 saturated heterocycles. The van der Waals surface area contributed by atoms with Crippen molar-refractivity contribution in [1.82, 2.24) is 0 Å². The second-order valence-electron chi connectivity index (χ2n) is 0.375. The fourth-order valence-corrected chi connectivity index (χ4v) is 0.0312. The van der Waals surface area contributed by atoms with Gasteiger partial charge in [0.1, 0.15) is 0 Å². The van der Waals surface area contributed by atoms with Crippen LogP contribution in [0.1, 0.15) is 33.8 Å². The molecule has 0 aromatic carbocycles. The van der Waals surface area contributed by atoms with Gasteiger partial charge in [0.25, 0.3) is 0 Å². The highest BCUT2D eigenvalue weighted by atomic mass is 13.6. The van der Waals surface area contributed by atoms with Gasteiger partial charge >= 0.3 is 0 Å². The van der Waals surface area contributed by atoms with Crippen LogP contribution in [-0.4, -0.2) is 0 Å². The van der Waals surface area contributed by atoms with E-state index < -0.39 is 32.2 Å². The lowest BCUT2D eigenvalue weighted by Crippen LogP contribution is -1.43. The van der Waals surface area contributed by atoms with Crippen LogP contribution < -0.4 is 0 Å². The highest BCUT2D eigenvalue weighted by Crippen LogP contribution is 1.73. The number of hydrogen-bond acceptors (Lipinski definition) is 0. The average molecular weight is 80.2 g/mol. The van der Waals surface area contributed by atoms with E-state index >= 15 is 0 Å². The van der Waals surface area contributed by atoms with Gasteiger partial charge in [0.15, 0.2) is 0 Å². The zero-order valence-corrected chi connectivity index (χ0v) is 2.50. The lowest BCUT2D eigenvalue weighted by molar-refractivity contribution is 1.22. The molecule has 0 atom stereocenters. The lowest BCUT2D eigenvalue weighted by atomic mass is 10.4. The zero-order valence-electron chi connectivity index (χ0n) is 12.5. The smallest absolute Gasteiger partial charge is 0.0572 e. The van der Waals surface area contributed by atoms with Crippen molar-refractivity contribution in [2.45, 2.75) is 20.1 Å². The second-order valence-corrected chi connectivity index (χ2v) is 0.375. The van der Waals surface area contributed by atoms with Gasteiger partial charge < -0.3 is 0 Å². The maximum atomic E-state index is 7.09. The minimum Gasteiger partial charge on any atom is -0.0917 e. The monoisotopic (exact) mass is 80.1 g/mol. The quantitative estimate of drug-likeness (QED) is 0.422. The molecule has 0 bridgehead atoms. The van der Waals surface area contributed by atoms with Gasteiger partial charge in [-0.15, -0.1) is 0 Å². The third kappa shape index (κ3) is 3.74. The van der Waals surface area contributed by atoms with E-state index in [9.17, 15) is 0 Å². The Hall–Kier alpha value is -0.260. The summed E-state index contributed by atoms with van der Waals surface area (Å²) in [6, 6.07) is -2.62. The number of hydrogen-bond donors (Lipinski definition) is 0. The normalized spacial score (nSPS) is 51.2. The molecule has 0 aliphatic rings. The van der Waals surface area contributed by atoms with E-state index in [0.717, 1.165) is 0 Å². The van der Waals surface area contributed by atoms with Gasteiger partial charge in [0.05, 0.1) is 2.74 Å². The summed E-state index contributed by atoms with van der Waals surface area (Å²) in [7, 11) is 0.